The average molecular weight is 554 g/mol. The van der Waals surface area contributed by atoms with Gasteiger partial charge in [0, 0.05) is 22.4 Å². The molecule has 0 spiro atoms. The number of hydrogen-bond donors (Lipinski definition) is 2. The Kier molecular flexibility index (Phi) is 5.94. The number of aliphatic hydroxyl groups excluding tert-OH is 2. The number of fused-ring (bicyclic) bond motifs is 4. The molecular weight excluding hydrogens is 533 g/mol. The van der Waals surface area contributed by atoms with E-state index in [4.69, 9.17) is 4.74 Å². The van der Waals surface area contributed by atoms with Crippen molar-refractivity contribution >= 4 is 17.7 Å². The molecule has 2 N–H and O–H groups in total. The topological polar surface area (TPSA) is 76.5 Å². The van der Waals surface area contributed by atoms with Crippen LogP contribution in [-0.4, -0.2) is 68.7 Å². The quantitative estimate of drug-likeness (QED) is 0.518. The van der Waals surface area contributed by atoms with Crippen molar-refractivity contribution < 1.29 is 41.7 Å². The maximum atomic E-state index is 15.1. The van der Waals surface area contributed by atoms with Gasteiger partial charge in [-0.05, 0) is 29.3 Å². The number of hydrogen-bond acceptors (Lipinski definition) is 7. The van der Waals surface area contributed by atoms with Crippen LogP contribution in [0.3, 0.4) is 0 Å². The smallest absolute Gasteiger partial charge is 0.416 e. The Bertz CT molecular complexity index is 1380. The van der Waals surface area contributed by atoms with E-state index in [2.05, 4.69) is 0 Å². The monoisotopic (exact) mass is 553 g/mol. The van der Waals surface area contributed by atoms with Crippen LogP contribution in [0, 0.1) is 11.6 Å². The molecule has 1 amide bonds. The zero-order valence-electron chi connectivity index (χ0n) is 19.4. The molecule has 38 heavy (non-hydrogen) atoms. The fourth-order valence-electron chi connectivity index (χ4n) is 5.29. The van der Waals surface area contributed by atoms with Crippen LogP contribution in [0.1, 0.15) is 22.7 Å². The van der Waals surface area contributed by atoms with Crippen molar-refractivity contribution in [2.45, 2.75) is 41.2 Å². The summed E-state index contributed by atoms with van der Waals surface area (Å²) in [6, 6.07) is 8.53. The van der Waals surface area contributed by atoms with Crippen LogP contribution in [-0.2, 0) is 15.3 Å². The second kappa shape index (κ2) is 8.97. The van der Waals surface area contributed by atoms with Crippen molar-refractivity contribution in [1.29, 1.82) is 0 Å². The van der Waals surface area contributed by atoms with Crippen molar-refractivity contribution in [2.24, 2.45) is 0 Å². The summed E-state index contributed by atoms with van der Waals surface area (Å²) in [5.41, 5.74) is 0.609. The number of aliphatic hydroxyl groups is 2. The summed E-state index contributed by atoms with van der Waals surface area (Å²) < 4.78 is 75.4. The van der Waals surface area contributed by atoms with E-state index >= 15 is 4.39 Å². The molecule has 2 aromatic rings. The Morgan fingerprint density at radius 3 is 2.61 bits per heavy atom. The molecule has 6 rings (SSSR count). The predicted octanol–water partition coefficient (Wildman–Crippen LogP) is 3.97. The summed E-state index contributed by atoms with van der Waals surface area (Å²) in [5, 5.41) is 23.7. The zero-order chi connectivity index (χ0) is 26.9. The minimum Gasteiger partial charge on any atom is -0.507 e. The van der Waals surface area contributed by atoms with Crippen LogP contribution in [0.15, 0.2) is 65.0 Å². The molecule has 0 aliphatic carbocycles. The highest BCUT2D eigenvalue weighted by Gasteiger charge is 2.55. The Morgan fingerprint density at radius 2 is 1.84 bits per heavy atom. The summed E-state index contributed by atoms with van der Waals surface area (Å²) in [6.45, 7) is -1.41. The van der Waals surface area contributed by atoms with Crippen molar-refractivity contribution in [3.05, 3.63) is 88.5 Å². The SMILES string of the molecule is O=C1C2=C(O)C(O)C=CN2N([C@@H]2c3ccccc3SCc3c2ccc(F)c3F)[C@@H]2CO[C@H](C(F)(F)F)CN12. The maximum absolute atomic E-state index is 15.1. The molecule has 4 aliphatic heterocycles. The number of amides is 1. The number of benzene rings is 2. The van der Waals surface area contributed by atoms with E-state index in [0.29, 0.717) is 11.1 Å². The largest absolute Gasteiger partial charge is 0.507 e. The standard InChI is InChI=1S/C25H20F5N3O4S/c26-15-6-5-12-14(20(15)27)11-38-17-4-2-1-3-13(17)21(12)33-19-10-37-18(25(28,29)30)9-31(19)24(36)22-23(35)16(34)7-8-32(22)33/h1-8,16,18-19,21,34-35H,9-11H2/t16?,18-,19+,21-/m0/s1. The second-order valence-corrected chi connectivity index (χ2v) is 10.2. The normalized spacial score (nSPS) is 27.5. The highest BCUT2D eigenvalue weighted by Crippen LogP contribution is 2.48. The third-order valence-corrected chi connectivity index (χ3v) is 8.21. The molecule has 0 saturated carbocycles. The molecule has 4 atom stereocenters. The van der Waals surface area contributed by atoms with E-state index < -0.39 is 72.7 Å². The van der Waals surface area contributed by atoms with Crippen LogP contribution < -0.4 is 0 Å². The first-order valence-corrected chi connectivity index (χ1v) is 12.6. The van der Waals surface area contributed by atoms with Gasteiger partial charge in [-0.25, -0.2) is 8.78 Å². The minimum absolute atomic E-state index is 0.0697. The lowest BCUT2D eigenvalue weighted by atomic mass is 9.92. The molecule has 2 saturated heterocycles. The van der Waals surface area contributed by atoms with Gasteiger partial charge < -0.3 is 19.8 Å². The number of carbonyl (C=O) groups excluding carboxylic acids is 1. The molecule has 4 aliphatic rings. The third kappa shape index (κ3) is 3.79. The van der Waals surface area contributed by atoms with Gasteiger partial charge in [0.2, 0.25) is 0 Å². The van der Waals surface area contributed by atoms with Gasteiger partial charge in [0.1, 0.15) is 12.3 Å². The highest BCUT2D eigenvalue weighted by molar-refractivity contribution is 7.98. The lowest BCUT2D eigenvalue weighted by molar-refractivity contribution is -0.268. The van der Waals surface area contributed by atoms with Crippen LogP contribution in [0.5, 0.6) is 0 Å². The number of rotatable bonds is 1. The molecule has 13 heteroatoms. The minimum atomic E-state index is -4.76. The Labute approximate surface area is 217 Å². The van der Waals surface area contributed by atoms with E-state index in [-0.39, 0.29) is 11.3 Å². The summed E-state index contributed by atoms with van der Waals surface area (Å²) in [6.07, 6.45) is -7.16. The fourth-order valence-corrected chi connectivity index (χ4v) is 6.41. The predicted molar refractivity (Wildman–Crippen MR) is 124 cm³/mol. The number of hydrazine groups is 1. The molecule has 0 aromatic heterocycles. The lowest BCUT2D eigenvalue weighted by Gasteiger charge is -2.55. The molecule has 1 unspecified atom stereocenters. The third-order valence-electron chi connectivity index (χ3n) is 7.09. The van der Waals surface area contributed by atoms with E-state index in [1.807, 2.05) is 0 Å². The number of thioether (sulfide) groups is 1. The Hall–Kier alpha value is -3.13. The summed E-state index contributed by atoms with van der Waals surface area (Å²) in [5.74, 6) is -3.66. The van der Waals surface area contributed by atoms with Gasteiger partial charge in [-0.15, -0.1) is 11.8 Å². The number of ether oxygens (including phenoxy) is 1. The van der Waals surface area contributed by atoms with Gasteiger partial charge in [-0.1, -0.05) is 24.3 Å². The number of alkyl halides is 3. The van der Waals surface area contributed by atoms with Gasteiger partial charge in [0.15, 0.2) is 29.2 Å². The molecule has 2 aromatic carbocycles. The first-order valence-electron chi connectivity index (χ1n) is 11.6. The zero-order valence-corrected chi connectivity index (χ0v) is 20.2. The van der Waals surface area contributed by atoms with Crippen LogP contribution in [0.2, 0.25) is 0 Å². The van der Waals surface area contributed by atoms with Crippen molar-refractivity contribution in [2.75, 3.05) is 13.2 Å². The summed E-state index contributed by atoms with van der Waals surface area (Å²) >= 11 is 1.28. The molecule has 0 radical (unpaired) electrons. The van der Waals surface area contributed by atoms with Crippen LogP contribution in [0.25, 0.3) is 0 Å². The van der Waals surface area contributed by atoms with Gasteiger partial charge in [-0.3, -0.25) is 9.80 Å². The number of halogens is 5. The number of morpholine rings is 1. The van der Waals surface area contributed by atoms with Gasteiger partial charge in [0.25, 0.3) is 5.91 Å². The second-order valence-electron chi connectivity index (χ2n) is 9.20. The van der Waals surface area contributed by atoms with Crippen molar-refractivity contribution in [1.82, 2.24) is 14.9 Å². The van der Waals surface area contributed by atoms with Crippen molar-refractivity contribution in [3.63, 3.8) is 0 Å². The summed E-state index contributed by atoms with van der Waals surface area (Å²) in [4.78, 5) is 15.1. The summed E-state index contributed by atoms with van der Waals surface area (Å²) in [7, 11) is 0. The van der Waals surface area contributed by atoms with Gasteiger partial charge in [-0.2, -0.15) is 18.2 Å². The first-order chi connectivity index (χ1) is 18.1. The molecular formula is C25H20F5N3O4S. The van der Waals surface area contributed by atoms with Gasteiger partial charge in [0.05, 0.1) is 19.2 Å². The molecule has 0 bridgehead atoms. The van der Waals surface area contributed by atoms with E-state index in [0.717, 1.165) is 15.9 Å². The van der Waals surface area contributed by atoms with Crippen LogP contribution >= 0.6 is 11.8 Å². The molecule has 2 fully saturated rings. The molecule has 200 valence electrons. The Morgan fingerprint density at radius 1 is 1.08 bits per heavy atom. The van der Waals surface area contributed by atoms with Gasteiger partial charge >= 0.3 is 6.18 Å². The Balaban J connectivity index is 1.58. The van der Waals surface area contributed by atoms with E-state index in [9.17, 15) is 32.6 Å². The molecule has 4 heterocycles. The lowest BCUT2D eigenvalue weighted by Crippen LogP contribution is -2.70. The van der Waals surface area contributed by atoms with Crippen LogP contribution in [0.4, 0.5) is 22.0 Å². The first kappa shape index (κ1) is 25.2. The van der Waals surface area contributed by atoms with E-state index in [1.165, 1.54) is 40.1 Å². The maximum Gasteiger partial charge on any atom is 0.416 e. The average Bonchev–Trinajstić information content (AvgIpc) is 3.05. The van der Waals surface area contributed by atoms with Crippen molar-refractivity contribution in [3.8, 4) is 0 Å². The highest BCUT2D eigenvalue weighted by atomic mass is 32.2. The number of nitrogens with zero attached hydrogens (tertiary/aromatic N) is 3. The fraction of sp³-hybridized carbons (Fsp3) is 0.320. The molecule has 7 nitrogen and oxygen atoms in total. The van der Waals surface area contributed by atoms with E-state index in [1.54, 1.807) is 24.3 Å². The number of carbonyl (C=O) groups is 1.